The van der Waals surface area contributed by atoms with Crippen LogP contribution in [0.4, 0.5) is 5.69 Å². The van der Waals surface area contributed by atoms with E-state index in [-0.39, 0.29) is 23.8 Å². The summed E-state index contributed by atoms with van der Waals surface area (Å²) in [6.07, 6.45) is 14.7. The summed E-state index contributed by atoms with van der Waals surface area (Å²) < 4.78 is 3.26. The molecule has 2 saturated carbocycles. The van der Waals surface area contributed by atoms with E-state index in [1.54, 1.807) is 34.0 Å². The Morgan fingerprint density at radius 1 is 1.23 bits per heavy atom. The molecule has 2 amide bonds. The van der Waals surface area contributed by atoms with Gasteiger partial charge in [-0.05, 0) is 63.4 Å². The number of carbonyl (C=O) groups is 2. The topological polar surface area (TPSA) is 93.8 Å². The standard InChI is InChI=1S/C22H28N6O2/c1-4-11-27-13-17(12-24-27)25-22(30)20(19(15-5-6-15)16-7-8-16)26-21(29)18-9-10-23-28(18)14(2)3/h1,9-10,12-16,19-20H,5-8,11H2,2-3H3,(H,25,30)(H,26,29)/t20-/m0/s1. The van der Waals surface area contributed by atoms with E-state index in [1.165, 1.54) is 0 Å². The molecule has 158 valence electrons. The first-order valence-corrected chi connectivity index (χ1v) is 10.6. The molecular formula is C22H28N6O2. The molecule has 0 unspecified atom stereocenters. The highest BCUT2D eigenvalue weighted by Gasteiger charge is 2.48. The van der Waals surface area contributed by atoms with Gasteiger partial charge in [0, 0.05) is 18.4 Å². The van der Waals surface area contributed by atoms with E-state index in [4.69, 9.17) is 6.42 Å². The molecule has 1 atom stereocenters. The van der Waals surface area contributed by atoms with Crippen molar-refractivity contribution in [2.75, 3.05) is 5.32 Å². The quantitative estimate of drug-likeness (QED) is 0.623. The molecular weight excluding hydrogens is 380 g/mol. The van der Waals surface area contributed by atoms with E-state index in [2.05, 4.69) is 26.8 Å². The molecule has 0 saturated heterocycles. The fourth-order valence-electron chi connectivity index (χ4n) is 4.18. The van der Waals surface area contributed by atoms with Gasteiger partial charge in [0.25, 0.3) is 5.91 Å². The van der Waals surface area contributed by atoms with Gasteiger partial charge in [-0.1, -0.05) is 5.92 Å². The first-order chi connectivity index (χ1) is 14.5. The summed E-state index contributed by atoms with van der Waals surface area (Å²) >= 11 is 0. The van der Waals surface area contributed by atoms with E-state index in [0.717, 1.165) is 25.7 Å². The molecule has 2 aromatic rings. The Morgan fingerprint density at radius 2 is 1.93 bits per heavy atom. The summed E-state index contributed by atoms with van der Waals surface area (Å²) in [5.41, 5.74) is 1.04. The zero-order valence-corrected chi connectivity index (χ0v) is 17.4. The highest BCUT2D eigenvalue weighted by Crippen LogP contribution is 2.50. The molecule has 4 rings (SSSR count). The van der Waals surface area contributed by atoms with Crippen LogP contribution in [0.2, 0.25) is 0 Å². The summed E-state index contributed by atoms with van der Waals surface area (Å²) in [6, 6.07) is 1.15. The van der Waals surface area contributed by atoms with Gasteiger partial charge in [0.05, 0.1) is 11.9 Å². The molecule has 0 bridgehead atoms. The number of amides is 2. The molecule has 0 spiro atoms. The summed E-state index contributed by atoms with van der Waals surface area (Å²) in [5, 5.41) is 14.4. The minimum Gasteiger partial charge on any atom is -0.339 e. The van der Waals surface area contributed by atoms with E-state index >= 15 is 0 Å². The van der Waals surface area contributed by atoms with Crippen molar-refractivity contribution in [3.8, 4) is 12.3 Å². The van der Waals surface area contributed by atoms with Crippen molar-refractivity contribution in [3.63, 3.8) is 0 Å². The summed E-state index contributed by atoms with van der Waals surface area (Å²) in [4.78, 5) is 26.4. The second-order valence-corrected chi connectivity index (χ2v) is 8.58. The minimum absolute atomic E-state index is 0.0534. The lowest BCUT2D eigenvalue weighted by Gasteiger charge is -2.27. The number of nitrogens with one attached hydrogen (secondary N) is 2. The first-order valence-electron chi connectivity index (χ1n) is 10.6. The van der Waals surface area contributed by atoms with Crippen LogP contribution in [0.5, 0.6) is 0 Å². The SMILES string of the molecule is C#CCn1cc(NC(=O)[C@@H](NC(=O)c2ccnn2C(C)C)C(C2CC2)C2CC2)cn1. The highest BCUT2D eigenvalue weighted by atomic mass is 16.2. The molecule has 8 nitrogen and oxygen atoms in total. The van der Waals surface area contributed by atoms with Crippen LogP contribution in [0, 0.1) is 30.1 Å². The molecule has 2 fully saturated rings. The number of hydrogen-bond acceptors (Lipinski definition) is 4. The lowest BCUT2D eigenvalue weighted by atomic mass is 9.88. The van der Waals surface area contributed by atoms with Crippen molar-refractivity contribution >= 4 is 17.5 Å². The molecule has 2 N–H and O–H groups in total. The average molecular weight is 409 g/mol. The average Bonchev–Trinajstić information content (AvgIpc) is 3.63. The van der Waals surface area contributed by atoms with Crippen LogP contribution in [0.25, 0.3) is 0 Å². The van der Waals surface area contributed by atoms with Crippen LogP contribution in [-0.2, 0) is 11.3 Å². The van der Waals surface area contributed by atoms with Crippen LogP contribution >= 0.6 is 0 Å². The zero-order chi connectivity index (χ0) is 21.3. The molecule has 30 heavy (non-hydrogen) atoms. The van der Waals surface area contributed by atoms with Gasteiger partial charge in [-0.2, -0.15) is 10.2 Å². The highest BCUT2D eigenvalue weighted by molar-refractivity contribution is 6.00. The molecule has 0 aromatic carbocycles. The number of anilines is 1. The van der Waals surface area contributed by atoms with Crippen LogP contribution in [0.3, 0.4) is 0 Å². The van der Waals surface area contributed by atoms with Gasteiger partial charge in [0.1, 0.15) is 18.3 Å². The van der Waals surface area contributed by atoms with Crippen molar-refractivity contribution < 1.29 is 9.59 Å². The second-order valence-electron chi connectivity index (χ2n) is 8.58. The Balaban J connectivity index is 1.54. The third kappa shape index (κ3) is 4.40. The largest absolute Gasteiger partial charge is 0.339 e. The molecule has 2 aromatic heterocycles. The van der Waals surface area contributed by atoms with Crippen LogP contribution in [0.1, 0.15) is 56.1 Å². The molecule has 0 aliphatic heterocycles. The van der Waals surface area contributed by atoms with Gasteiger partial charge >= 0.3 is 0 Å². The summed E-state index contributed by atoms with van der Waals surface area (Å²) in [7, 11) is 0. The monoisotopic (exact) mass is 408 g/mol. The number of aromatic nitrogens is 4. The van der Waals surface area contributed by atoms with E-state index in [0.29, 0.717) is 29.8 Å². The van der Waals surface area contributed by atoms with Crippen molar-refractivity contribution in [3.05, 3.63) is 30.4 Å². The van der Waals surface area contributed by atoms with Crippen molar-refractivity contribution in [1.82, 2.24) is 24.9 Å². The minimum atomic E-state index is -0.594. The summed E-state index contributed by atoms with van der Waals surface area (Å²) in [5.74, 6) is 3.19. The number of nitrogens with zero attached hydrogens (tertiary/aromatic N) is 4. The van der Waals surface area contributed by atoms with Gasteiger partial charge < -0.3 is 10.6 Å². The van der Waals surface area contributed by atoms with Crippen molar-refractivity contribution in [2.45, 2.75) is 58.2 Å². The maximum Gasteiger partial charge on any atom is 0.270 e. The molecule has 2 heterocycles. The maximum absolute atomic E-state index is 13.3. The summed E-state index contributed by atoms with van der Waals surface area (Å²) in [6.45, 7) is 4.28. The Kier molecular flexibility index (Phi) is 5.62. The van der Waals surface area contributed by atoms with Gasteiger partial charge in [-0.25, -0.2) is 0 Å². The fourth-order valence-corrected chi connectivity index (χ4v) is 4.18. The second kappa shape index (κ2) is 8.34. The molecule has 8 heteroatoms. The van der Waals surface area contributed by atoms with Crippen LogP contribution in [0.15, 0.2) is 24.7 Å². The number of hydrogen-bond donors (Lipinski definition) is 2. The van der Waals surface area contributed by atoms with Crippen molar-refractivity contribution in [1.29, 1.82) is 0 Å². The Hall–Kier alpha value is -3.08. The van der Waals surface area contributed by atoms with Gasteiger partial charge in [-0.3, -0.25) is 19.0 Å². The van der Waals surface area contributed by atoms with E-state index in [1.807, 2.05) is 13.8 Å². The zero-order valence-electron chi connectivity index (χ0n) is 17.4. The molecule has 2 aliphatic rings. The number of rotatable bonds is 9. The lowest BCUT2D eigenvalue weighted by molar-refractivity contribution is -0.119. The van der Waals surface area contributed by atoms with Gasteiger partial charge in [-0.15, -0.1) is 6.42 Å². The Labute approximate surface area is 176 Å². The van der Waals surface area contributed by atoms with Gasteiger partial charge in [0.15, 0.2) is 0 Å². The van der Waals surface area contributed by atoms with Crippen LogP contribution < -0.4 is 10.6 Å². The Morgan fingerprint density at radius 3 is 2.53 bits per heavy atom. The number of carbonyl (C=O) groups excluding carboxylic acids is 2. The smallest absolute Gasteiger partial charge is 0.270 e. The lowest BCUT2D eigenvalue weighted by Crippen LogP contribution is -2.50. The van der Waals surface area contributed by atoms with Gasteiger partial charge in [0.2, 0.25) is 5.91 Å². The molecule has 2 aliphatic carbocycles. The predicted octanol–water partition coefficient (Wildman–Crippen LogP) is 2.47. The third-order valence-corrected chi connectivity index (χ3v) is 5.83. The van der Waals surface area contributed by atoms with Crippen molar-refractivity contribution in [2.24, 2.45) is 17.8 Å². The normalized spacial score (nSPS) is 17.0. The number of terminal acetylenes is 1. The Bertz CT molecular complexity index is 948. The first kappa shape index (κ1) is 20.2. The molecule has 0 radical (unpaired) electrons. The maximum atomic E-state index is 13.3. The van der Waals surface area contributed by atoms with E-state index < -0.39 is 6.04 Å². The van der Waals surface area contributed by atoms with Crippen LogP contribution in [-0.4, -0.2) is 37.4 Å². The third-order valence-electron chi connectivity index (χ3n) is 5.83. The fraction of sp³-hybridized carbons (Fsp3) is 0.545. The van der Waals surface area contributed by atoms with E-state index in [9.17, 15) is 9.59 Å². The predicted molar refractivity (Wildman–Crippen MR) is 112 cm³/mol.